The summed E-state index contributed by atoms with van der Waals surface area (Å²) in [5, 5.41) is 3.02. The first-order valence-corrected chi connectivity index (χ1v) is 34.4. The molecule has 0 bridgehead atoms. The van der Waals surface area contributed by atoms with Crippen LogP contribution >= 0.6 is 7.82 Å². The molecule has 0 aromatic heterocycles. The Morgan fingerprint density at radius 2 is 0.772 bits per heavy atom. The van der Waals surface area contributed by atoms with Gasteiger partial charge in [0.25, 0.3) is 7.82 Å². The molecule has 0 spiro atoms. The van der Waals surface area contributed by atoms with Crippen molar-refractivity contribution in [3.8, 4) is 0 Å². The minimum absolute atomic E-state index is 0.0288. The number of rotatable bonds is 59. The summed E-state index contributed by atoms with van der Waals surface area (Å²) in [5.74, 6) is -0.559. The largest absolute Gasteiger partial charge is 0.756 e. The predicted octanol–water partition coefficient (Wildman–Crippen LogP) is 19.9. The maximum absolute atomic E-state index is 13.5. The fraction of sp³-hybridized carbons (Fsp3) is 0.768. The Morgan fingerprint density at radius 3 is 1.18 bits per heavy atom. The van der Waals surface area contributed by atoms with E-state index >= 15 is 0 Å². The molecule has 0 aliphatic carbocycles. The van der Waals surface area contributed by atoms with Gasteiger partial charge in [0.2, 0.25) is 5.91 Å². The van der Waals surface area contributed by atoms with E-state index in [9.17, 15) is 19.0 Å². The van der Waals surface area contributed by atoms with Crippen LogP contribution in [0, 0.1) is 0 Å². The molecule has 79 heavy (non-hydrogen) atoms. The summed E-state index contributed by atoms with van der Waals surface area (Å²) >= 11 is 0. The smallest absolute Gasteiger partial charge is 0.306 e. The van der Waals surface area contributed by atoms with Gasteiger partial charge in [-0.05, 0) is 109 Å². The van der Waals surface area contributed by atoms with Gasteiger partial charge < -0.3 is 28.5 Å². The van der Waals surface area contributed by atoms with Crippen LogP contribution < -0.4 is 10.2 Å². The number of quaternary nitrogens is 1. The van der Waals surface area contributed by atoms with Crippen molar-refractivity contribution in [2.75, 3.05) is 40.9 Å². The van der Waals surface area contributed by atoms with Crippen molar-refractivity contribution in [2.45, 2.75) is 303 Å². The Morgan fingerprint density at radius 1 is 0.443 bits per heavy atom. The Hall–Kier alpha value is -2.81. The number of hydrogen-bond donors (Lipinski definition) is 1. The van der Waals surface area contributed by atoms with Crippen LogP contribution in [0.15, 0.2) is 85.1 Å². The van der Waals surface area contributed by atoms with Gasteiger partial charge in [0.1, 0.15) is 19.3 Å². The van der Waals surface area contributed by atoms with Crippen molar-refractivity contribution in [3.05, 3.63) is 85.1 Å². The van der Waals surface area contributed by atoms with Gasteiger partial charge in [0, 0.05) is 12.8 Å². The lowest BCUT2D eigenvalue weighted by Crippen LogP contribution is -2.47. The highest BCUT2D eigenvalue weighted by molar-refractivity contribution is 7.45. The number of amides is 1. The maximum atomic E-state index is 13.5. The average Bonchev–Trinajstić information content (AvgIpc) is 3.41. The molecule has 1 amide bonds. The van der Waals surface area contributed by atoms with E-state index in [-0.39, 0.29) is 24.9 Å². The SMILES string of the molecule is CCCCC/C=C\C/C=C\C/C=C\CCCCCCCCCCCCC(=O)OC(/C=C/CCCCCCCCCCC)C(COP(=O)([O-])OCC[N+](C)(C)C)NC(=O)CCCCCCCC/C=C\C/C=C\C/C=C\CCCCC. The van der Waals surface area contributed by atoms with Gasteiger partial charge in [-0.15, -0.1) is 0 Å². The zero-order valence-corrected chi connectivity index (χ0v) is 53.2. The highest BCUT2D eigenvalue weighted by Crippen LogP contribution is 2.38. The number of phosphoric ester groups is 1. The summed E-state index contributed by atoms with van der Waals surface area (Å²) < 4.78 is 30.3. The summed E-state index contributed by atoms with van der Waals surface area (Å²) in [4.78, 5) is 40.0. The second-order valence-corrected chi connectivity index (χ2v) is 24.7. The highest BCUT2D eigenvalue weighted by atomic mass is 31.2. The standard InChI is InChI=1S/C69H125N2O7P/c1-7-10-13-16-19-22-25-27-29-31-33-34-35-36-38-40-42-44-47-50-53-56-59-62-69(73)78-67(60-57-54-51-48-45-24-21-18-15-12-9-3)66(65-77-79(74,75)76-64-63-71(4,5)6)70-68(72)61-58-55-52-49-46-43-41-39-37-32-30-28-26-23-20-17-14-11-8-2/h19-20,22-23,27-30,33-34,37,39,57,60,66-67H,7-18,21,24-26,31-32,35-36,38,40-56,58-59,61-65H2,1-6H3,(H-,70,72,74,75)/b22-19-,23-20-,29-27-,30-28-,34-33-,39-37-,60-57+. The van der Waals surface area contributed by atoms with Crippen LogP contribution in [0.1, 0.15) is 290 Å². The molecule has 0 aromatic carbocycles. The quantitative estimate of drug-likeness (QED) is 0.0212. The van der Waals surface area contributed by atoms with E-state index < -0.39 is 26.6 Å². The first kappa shape index (κ1) is 76.2. The molecule has 0 aliphatic heterocycles. The number of allylic oxidation sites excluding steroid dienone is 13. The molecule has 0 aromatic rings. The predicted molar refractivity (Wildman–Crippen MR) is 339 cm³/mol. The van der Waals surface area contributed by atoms with Crippen LogP contribution in [-0.2, 0) is 27.9 Å². The second-order valence-electron chi connectivity index (χ2n) is 23.3. The molecule has 0 saturated heterocycles. The van der Waals surface area contributed by atoms with Crippen molar-refractivity contribution in [1.82, 2.24) is 5.32 Å². The lowest BCUT2D eigenvalue weighted by molar-refractivity contribution is -0.870. The molecule has 9 nitrogen and oxygen atoms in total. The molecule has 3 unspecified atom stereocenters. The molecule has 0 saturated carbocycles. The maximum Gasteiger partial charge on any atom is 0.306 e. The first-order chi connectivity index (χ1) is 38.4. The van der Waals surface area contributed by atoms with Gasteiger partial charge in [-0.1, -0.05) is 254 Å². The van der Waals surface area contributed by atoms with Gasteiger partial charge >= 0.3 is 5.97 Å². The van der Waals surface area contributed by atoms with E-state index in [0.29, 0.717) is 17.4 Å². The molecule has 458 valence electrons. The number of likely N-dealkylation sites (N-methyl/N-ethyl adjacent to an activating group) is 1. The van der Waals surface area contributed by atoms with E-state index in [0.717, 1.165) is 122 Å². The van der Waals surface area contributed by atoms with Crippen LogP contribution in [0.2, 0.25) is 0 Å². The van der Waals surface area contributed by atoms with Crippen molar-refractivity contribution in [3.63, 3.8) is 0 Å². The van der Waals surface area contributed by atoms with E-state index in [1.807, 2.05) is 33.3 Å². The molecular weight excluding hydrogens is 1000 g/mol. The van der Waals surface area contributed by atoms with Crippen LogP contribution in [0.25, 0.3) is 0 Å². The van der Waals surface area contributed by atoms with Gasteiger partial charge in [-0.25, -0.2) is 0 Å². The Bertz CT molecular complexity index is 1630. The molecule has 1 N–H and O–H groups in total. The van der Waals surface area contributed by atoms with Gasteiger partial charge in [-0.3, -0.25) is 14.2 Å². The van der Waals surface area contributed by atoms with E-state index in [4.69, 9.17) is 13.8 Å². The molecule has 0 fully saturated rings. The topological polar surface area (TPSA) is 114 Å². The number of phosphoric acid groups is 1. The van der Waals surface area contributed by atoms with Crippen molar-refractivity contribution < 1.29 is 37.3 Å². The molecule has 0 rings (SSSR count). The van der Waals surface area contributed by atoms with Gasteiger partial charge in [0.05, 0.1) is 33.8 Å². The van der Waals surface area contributed by atoms with Crippen LogP contribution in [-0.4, -0.2) is 69.4 Å². The minimum atomic E-state index is -4.71. The third-order valence-electron chi connectivity index (χ3n) is 14.3. The van der Waals surface area contributed by atoms with Crippen LogP contribution in [0.3, 0.4) is 0 Å². The summed E-state index contributed by atoms with van der Waals surface area (Å²) in [6, 6.07) is -0.901. The van der Waals surface area contributed by atoms with Crippen LogP contribution in [0.5, 0.6) is 0 Å². The Labute approximate surface area is 488 Å². The lowest BCUT2D eigenvalue weighted by Gasteiger charge is -2.30. The number of ether oxygens (including phenoxy) is 1. The fourth-order valence-corrected chi connectivity index (χ4v) is 9.91. The molecule has 3 atom stereocenters. The monoisotopic (exact) mass is 1120 g/mol. The van der Waals surface area contributed by atoms with Crippen molar-refractivity contribution in [1.29, 1.82) is 0 Å². The van der Waals surface area contributed by atoms with E-state index in [1.54, 1.807) is 0 Å². The number of carbonyl (C=O) groups excluding carboxylic acids is 2. The second kappa shape index (κ2) is 58.4. The van der Waals surface area contributed by atoms with E-state index in [2.05, 4.69) is 99.0 Å². The molecule has 0 heterocycles. The number of unbranched alkanes of at least 4 members (excludes halogenated alkanes) is 31. The molecule has 0 aliphatic rings. The third-order valence-corrected chi connectivity index (χ3v) is 15.3. The number of hydrogen-bond acceptors (Lipinski definition) is 7. The van der Waals surface area contributed by atoms with Crippen LogP contribution in [0.4, 0.5) is 0 Å². The summed E-state index contributed by atoms with van der Waals surface area (Å²) in [5.41, 5.74) is 0. The van der Waals surface area contributed by atoms with Gasteiger partial charge in [-0.2, -0.15) is 0 Å². The Kier molecular flexibility index (Phi) is 56.3. The third kappa shape index (κ3) is 59.6. The zero-order valence-electron chi connectivity index (χ0n) is 52.3. The zero-order chi connectivity index (χ0) is 57.9. The fourth-order valence-electron chi connectivity index (χ4n) is 9.18. The van der Waals surface area contributed by atoms with Crippen molar-refractivity contribution in [2.24, 2.45) is 0 Å². The Balaban J connectivity index is 5.16. The van der Waals surface area contributed by atoms with Gasteiger partial charge in [0.15, 0.2) is 0 Å². The highest BCUT2D eigenvalue weighted by Gasteiger charge is 2.27. The lowest BCUT2D eigenvalue weighted by atomic mass is 10.0. The number of nitrogens with one attached hydrogen (secondary N) is 1. The number of carbonyl (C=O) groups is 2. The summed E-state index contributed by atoms with van der Waals surface area (Å²) in [6.45, 7) is 6.78. The molecular formula is C69H125N2O7P. The van der Waals surface area contributed by atoms with E-state index in [1.165, 1.54) is 135 Å². The summed E-state index contributed by atoms with van der Waals surface area (Å²) in [7, 11) is 1.17. The normalized spacial score (nSPS) is 14.2. The first-order valence-electron chi connectivity index (χ1n) is 32.9. The van der Waals surface area contributed by atoms with Crippen molar-refractivity contribution >= 4 is 19.7 Å². The molecule has 10 heteroatoms. The molecule has 0 radical (unpaired) electrons. The number of nitrogens with zero attached hydrogens (tertiary/aromatic N) is 1. The number of esters is 1. The summed E-state index contributed by atoms with van der Waals surface area (Å²) in [6.07, 6.45) is 76.9. The minimum Gasteiger partial charge on any atom is -0.756 e. The average molecular weight is 1130 g/mol.